The molecule has 4 rings (SSSR count). The average molecular weight is 414 g/mol. The normalized spacial score (nSPS) is 14.0. The van der Waals surface area contributed by atoms with Gasteiger partial charge in [-0.15, -0.1) is 10.2 Å². The van der Waals surface area contributed by atoms with E-state index in [0.29, 0.717) is 24.4 Å². The molecule has 0 aliphatic heterocycles. The van der Waals surface area contributed by atoms with Crippen molar-refractivity contribution in [2.24, 2.45) is 0 Å². The van der Waals surface area contributed by atoms with Crippen molar-refractivity contribution in [3.63, 3.8) is 0 Å². The summed E-state index contributed by atoms with van der Waals surface area (Å²) in [5, 5.41) is 8.48. The molecule has 0 unspecified atom stereocenters. The van der Waals surface area contributed by atoms with Crippen LogP contribution in [-0.2, 0) is 13.1 Å². The minimum Gasteiger partial charge on any atom is -0.496 e. The number of hydrogen-bond donors (Lipinski definition) is 0. The summed E-state index contributed by atoms with van der Waals surface area (Å²) in [5.41, 5.74) is 2.08. The first-order valence-corrected chi connectivity index (χ1v) is 9.47. The van der Waals surface area contributed by atoms with Gasteiger partial charge in [-0.1, -0.05) is 30.3 Å². The fourth-order valence-corrected chi connectivity index (χ4v) is 3.50. The zero-order chi connectivity index (χ0) is 17.9. The maximum Gasteiger partial charge on any atom is 0.248 e. The van der Waals surface area contributed by atoms with Crippen LogP contribution in [0.4, 0.5) is 0 Å². The van der Waals surface area contributed by atoms with Crippen molar-refractivity contribution in [2.45, 2.75) is 32.0 Å². The third-order valence-corrected chi connectivity index (χ3v) is 5.23. The fourth-order valence-electron chi connectivity index (χ4n) is 3.04. The molecule has 1 aliphatic carbocycles. The van der Waals surface area contributed by atoms with Gasteiger partial charge in [-0.25, -0.2) is 0 Å². The van der Waals surface area contributed by atoms with E-state index in [1.165, 1.54) is 18.4 Å². The predicted molar refractivity (Wildman–Crippen MR) is 103 cm³/mol. The maximum absolute atomic E-state index is 5.93. The third-order valence-electron chi connectivity index (χ3n) is 4.54. The Morgan fingerprint density at radius 2 is 1.85 bits per heavy atom. The largest absolute Gasteiger partial charge is 0.496 e. The zero-order valence-corrected chi connectivity index (χ0v) is 16.1. The molecule has 1 heterocycles. The van der Waals surface area contributed by atoms with Crippen LogP contribution in [0.1, 0.15) is 24.3 Å². The summed E-state index contributed by atoms with van der Waals surface area (Å²) < 4.78 is 12.4. The van der Waals surface area contributed by atoms with Crippen LogP contribution in [0.5, 0.6) is 5.75 Å². The SMILES string of the molecule is COc1ccccc1CN(Cc1nnc(-c2ccccc2Br)o1)C1CC1. The van der Waals surface area contributed by atoms with Crippen molar-refractivity contribution in [1.29, 1.82) is 0 Å². The van der Waals surface area contributed by atoms with E-state index in [2.05, 4.69) is 37.1 Å². The van der Waals surface area contributed by atoms with E-state index in [1.54, 1.807) is 7.11 Å². The van der Waals surface area contributed by atoms with Gasteiger partial charge in [0.05, 0.1) is 19.2 Å². The van der Waals surface area contributed by atoms with E-state index in [9.17, 15) is 0 Å². The Morgan fingerprint density at radius 1 is 1.08 bits per heavy atom. The summed E-state index contributed by atoms with van der Waals surface area (Å²) in [4.78, 5) is 2.38. The molecule has 134 valence electrons. The quantitative estimate of drug-likeness (QED) is 0.562. The second-order valence-electron chi connectivity index (χ2n) is 6.43. The van der Waals surface area contributed by atoms with E-state index in [4.69, 9.17) is 9.15 Å². The molecule has 0 bridgehead atoms. The van der Waals surface area contributed by atoms with Gasteiger partial charge in [0.25, 0.3) is 0 Å². The summed E-state index contributed by atoms with van der Waals surface area (Å²) >= 11 is 3.53. The highest BCUT2D eigenvalue weighted by molar-refractivity contribution is 9.10. The number of benzene rings is 2. The zero-order valence-electron chi connectivity index (χ0n) is 14.6. The average Bonchev–Trinajstić information content (AvgIpc) is 3.41. The molecular formula is C20H20BrN3O2. The molecule has 1 fully saturated rings. The molecule has 5 nitrogen and oxygen atoms in total. The molecule has 2 aromatic carbocycles. The first-order chi connectivity index (χ1) is 12.7. The van der Waals surface area contributed by atoms with Crippen molar-refractivity contribution in [3.8, 4) is 17.2 Å². The Labute approximate surface area is 161 Å². The van der Waals surface area contributed by atoms with Crippen molar-refractivity contribution < 1.29 is 9.15 Å². The number of para-hydroxylation sites is 1. The standard InChI is InChI=1S/C20H20BrN3O2/c1-25-18-9-5-2-6-14(18)12-24(15-10-11-15)13-19-22-23-20(26-19)16-7-3-4-8-17(16)21/h2-9,15H,10-13H2,1H3. The minimum atomic E-state index is 0.542. The van der Waals surface area contributed by atoms with Gasteiger partial charge in [0, 0.05) is 22.6 Å². The summed E-state index contributed by atoms with van der Waals surface area (Å²) in [6.45, 7) is 1.45. The molecule has 1 aromatic heterocycles. The molecule has 6 heteroatoms. The Morgan fingerprint density at radius 3 is 2.62 bits per heavy atom. The lowest BCUT2D eigenvalue weighted by Gasteiger charge is -2.21. The van der Waals surface area contributed by atoms with Crippen LogP contribution in [0.15, 0.2) is 57.4 Å². The highest BCUT2D eigenvalue weighted by atomic mass is 79.9. The van der Waals surface area contributed by atoms with E-state index in [0.717, 1.165) is 22.3 Å². The lowest BCUT2D eigenvalue weighted by molar-refractivity contribution is 0.218. The first kappa shape index (κ1) is 17.2. The van der Waals surface area contributed by atoms with Crippen molar-refractivity contribution >= 4 is 15.9 Å². The monoisotopic (exact) mass is 413 g/mol. The molecule has 0 spiro atoms. The summed E-state index contributed by atoms with van der Waals surface area (Å²) in [6.07, 6.45) is 2.42. The number of rotatable bonds is 7. The lowest BCUT2D eigenvalue weighted by atomic mass is 10.2. The molecule has 1 saturated carbocycles. The van der Waals surface area contributed by atoms with E-state index in [-0.39, 0.29) is 0 Å². The Balaban J connectivity index is 1.52. The van der Waals surface area contributed by atoms with Gasteiger partial charge in [-0.05, 0) is 47.0 Å². The number of aromatic nitrogens is 2. The van der Waals surface area contributed by atoms with Gasteiger partial charge in [-0.2, -0.15) is 0 Å². The molecule has 1 aliphatic rings. The number of hydrogen-bond acceptors (Lipinski definition) is 5. The van der Waals surface area contributed by atoms with Gasteiger partial charge >= 0.3 is 0 Å². The molecule has 3 aromatic rings. The highest BCUT2D eigenvalue weighted by Crippen LogP contribution is 2.32. The molecular weight excluding hydrogens is 394 g/mol. The van der Waals surface area contributed by atoms with E-state index >= 15 is 0 Å². The van der Waals surface area contributed by atoms with Crippen LogP contribution in [-0.4, -0.2) is 28.2 Å². The van der Waals surface area contributed by atoms with Crippen LogP contribution < -0.4 is 4.74 Å². The minimum absolute atomic E-state index is 0.542. The predicted octanol–water partition coefficient (Wildman–Crippen LogP) is 4.67. The molecule has 26 heavy (non-hydrogen) atoms. The van der Waals surface area contributed by atoms with Gasteiger partial charge in [0.15, 0.2) is 0 Å². The van der Waals surface area contributed by atoms with Crippen LogP contribution in [0.3, 0.4) is 0 Å². The van der Waals surface area contributed by atoms with Gasteiger partial charge in [0.1, 0.15) is 5.75 Å². The second kappa shape index (κ2) is 7.60. The van der Waals surface area contributed by atoms with Gasteiger partial charge in [-0.3, -0.25) is 4.90 Å². The summed E-state index contributed by atoms with van der Waals surface area (Å²) in [7, 11) is 1.71. The highest BCUT2D eigenvalue weighted by Gasteiger charge is 2.30. The number of halogens is 1. The number of methoxy groups -OCH3 is 1. The molecule has 0 N–H and O–H groups in total. The van der Waals surface area contributed by atoms with Gasteiger partial charge < -0.3 is 9.15 Å². The van der Waals surface area contributed by atoms with Crippen LogP contribution >= 0.6 is 15.9 Å². The van der Waals surface area contributed by atoms with Crippen molar-refractivity contribution in [2.75, 3.05) is 7.11 Å². The van der Waals surface area contributed by atoms with Crippen LogP contribution in [0.2, 0.25) is 0 Å². The first-order valence-electron chi connectivity index (χ1n) is 8.68. The van der Waals surface area contributed by atoms with Crippen LogP contribution in [0.25, 0.3) is 11.5 Å². The fraction of sp³-hybridized carbons (Fsp3) is 0.300. The summed E-state index contributed by atoms with van der Waals surface area (Å²) in [5.74, 6) is 2.09. The molecule has 0 saturated heterocycles. The smallest absolute Gasteiger partial charge is 0.248 e. The Bertz CT molecular complexity index is 892. The Kier molecular flexibility index (Phi) is 5.04. The van der Waals surface area contributed by atoms with Crippen LogP contribution in [0, 0.1) is 0 Å². The number of ether oxygens (including phenoxy) is 1. The topological polar surface area (TPSA) is 51.4 Å². The van der Waals surface area contributed by atoms with E-state index in [1.807, 2.05) is 42.5 Å². The molecule has 0 radical (unpaired) electrons. The van der Waals surface area contributed by atoms with Crippen molar-refractivity contribution in [1.82, 2.24) is 15.1 Å². The molecule has 0 atom stereocenters. The second-order valence-corrected chi connectivity index (χ2v) is 7.28. The summed E-state index contributed by atoms with van der Waals surface area (Å²) in [6, 6.07) is 16.6. The van der Waals surface area contributed by atoms with E-state index < -0.39 is 0 Å². The Hall–Kier alpha value is -2.18. The lowest BCUT2D eigenvalue weighted by Crippen LogP contribution is -2.25. The third kappa shape index (κ3) is 3.81. The van der Waals surface area contributed by atoms with Crippen molar-refractivity contribution in [3.05, 3.63) is 64.5 Å². The maximum atomic E-state index is 5.93. The molecule has 0 amide bonds. The van der Waals surface area contributed by atoms with Gasteiger partial charge in [0.2, 0.25) is 11.8 Å². The number of nitrogens with zero attached hydrogens (tertiary/aromatic N) is 3.